The highest BCUT2D eigenvalue weighted by molar-refractivity contribution is 6.23. The Morgan fingerprint density at radius 1 is 1.06 bits per heavy atom. The predicted molar refractivity (Wildman–Crippen MR) is 74.1 cm³/mol. The van der Waals surface area contributed by atoms with Gasteiger partial charge in [-0.25, -0.2) is 0 Å². The van der Waals surface area contributed by atoms with E-state index >= 15 is 0 Å². The number of rotatable bonds is 1. The predicted octanol–water partition coefficient (Wildman–Crippen LogP) is 4.41. The Balaban J connectivity index is 1.96. The second kappa shape index (κ2) is 4.33. The first-order valence-electron chi connectivity index (χ1n) is 6.20. The van der Waals surface area contributed by atoms with Gasteiger partial charge in [0.25, 0.3) is 0 Å². The SMILES string of the molecule is Cc1ccc(C2(Cl)CCc3ccccc3O2)cc1. The van der Waals surface area contributed by atoms with E-state index in [4.69, 9.17) is 16.3 Å². The first kappa shape index (κ1) is 11.6. The molecule has 2 aromatic rings. The average molecular weight is 259 g/mol. The number of hydrogen-bond donors (Lipinski definition) is 0. The Morgan fingerprint density at radius 3 is 2.56 bits per heavy atom. The van der Waals surface area contributed by atoms with Crippen molar-refractivity contribution < 1.29 is 4.74 Å². The molecular formula is C16H15ClO. The lowest BCUT2D eigenvalue weighted by atomic mass is 9.96. The van der Waals surface area contributed by atoms with Crippen molar-refractivity contribution in [3.05, 3.63) is 65.2 Å². The van der Waals surface area contributed by atoms with Gasteiger partial charge in [0.1, 0.15) is 5.75 Å². The van der Waals surface area contributed by atoms with Crippen LogP contribution < -0.4 is 4.74 Å². The van der Waals surface area contributed by atoms with Gasteiger partial charge in [-0.2, -0.15) is 0 Å². The minimum atomic E-state index is -0.720. The van der Waals surface area contributed by atoms with Gasteiger partial charge in [-0.15, -0.1) is 0 Å². The monoisotopic (exact) mass is 258 g/mol. The molecule has 0 bridgehead atoms. The number of ether oxygens (including phenoxy) is 1. The minimum absolute atomic E-state index is 0.720. The van der Waals surface area contributed by atoms with Gasteiger partial charge in [-0.3, -0.25) is 0 Å². The number of fused-ring (bicyclic) bond motifs is 1. The number of para-hydroxylation sites is 1. The fourth-order valence-electron chi connectivity index (χ4n) is 2.34. The van der Waals surface area contributed by atoms with E-state index in [1.807, 2.05) is 18.2 Å². The van der Waals surface area contributed by atoms with Crippen LogP contribution in [0.1, 0.15) is 23.1 Å². The molecule has 0 fully saturated rings. The summed E-state index contributed by atoms with van der Waals surface area (Å²) in [6.45, 7) is 2.07. The molecule has 3 rings (SSSR count). The maximum absolute atomic E-state index is 6.66. The van der Waals surface area contributed by atoms with Crippen molar-refractivity contribution >= 4 is 11.6 Å². The third-order valence-corrected chi connectivity index (χ3v) is 3.93. The molecule has 0 aliphatic carbocycles. The van der Waals surface area contributed by atoms with E-state index in [1.165, 1.54) is 11.1 Å². The third-order valence-electron chi connectivity index (χ3n) is 3.44. The molecule has 1 heterocycles. The van der Waals surface area contributed by atoms with Crippen LogP contribution in [0.3, 0.4) is 0 Å². The maximum Gasteiger partial charge on any atom is 0.208 e. The van der Waals surface area contributed by atoms with Crippen LogP contribution >= 0.6 is 11.6 Å². The lowest BCUT2D eigenvalue weighted by Crippen LogP contribution is -2.31. The fraction of sp³-hybridized carbons (Fsp3) is 0.250. The van der Waals surface area contributed by atoms with Gasteiger partial charge >= 0.3 is 0 Å². The van der Waals surface area contributed by atoms with E-state index in [2.05, 4.69) is 37.3 Å². The van der Waals surface area contributed by atoms with Crippen molar-refractivity contribution in [3.8, 4) is 5.75 Å². The molecule has 1 atom stereocenters. The molecule has 1 nitrogen and oxygen atoms in total. The topological polar surface area (TPSA) is 9.23 Å². The van der Waals surface area contributed by atoms with Gasteiger partial charge in [0, 0.05) is 12.0 Å². The van der Waals surface area contributed by atoms with Crippen LogP contribution in [0.25, 0.3) is 0 Å². The zero-order chi connectivity index (χ0) is 12.6. The Bertz CT molecular complexity index is 562. The summed E-state index contributed by atoms with van der Waals surface area (Å²) in [7, 11) is 0. The van der Waals surface area contributed by atoms with Gasteiger partial charge in [-0.05, 0) is 25.0 Å². The Labute approximate surface area is 112 Å². The fourth-order valence-corrected chi connectivity index (χ4v) is 2.64. The first-order valence-corrected chi connectivity index (χ1v) is 6.58. The minimum Gasteiger partial charge on any atom is -0.467 e. The van der Waals surface area contributed by atoms with E-state index in [-0.39, 0.29) is 0 Å². The van der Waals surface area contributed by atoms with Gasteiger partial charge < -0.3 is 4.74 Å². The Kier molecular flexibility index (Phi) is 2.79. The zero-order valence-corrected chi connectivity index (χ0v) is 11.1. The molecule has 0 saturated heterocycles. The highest BCUT2D eigenvalue weighted by atomic mass is 35.5. The summed E-state index contributed by atoms with van der Waals surface area (Å²) in [5.41, 5.74) is 3.50. The lowest BCUT2D eigenvalue weighted by molar-refractivity contribution is 0.130. The Morgan fingerprint density at radius 2 is 1.78 bits per heavy atom. The summed E-state index contributed by atoms with van der Waals surface area (Å²) in [5.74, 6) is 0.902. The quantitative estimate of drug-likeness (QED) is 0.689. The van der Waals surface area contributed by atoms with E-state index in [1.54, 1.807) is 0 Å². The van der Waals surface area contributed by atoms with Gasteiger partial charge in [-0.1, -0.05) is 59.6 Å². The van der Waals surface area contributed by atoms with Crippen LogP contribution in [0.4, 0.5) is 0 Å². The van der Waals surface area contributed by atoms with Crippen molar-refractivity contribution in [1.82, 2.24) is 0 Å². The van der Waals surface area contributed by atoms with Crippen LogP contribution in [-0.2, 0) is 11.5 Å². The molecule has 2 heteroatoms. The van der Waals surface area contributed by atoms with Crippen molar-refractivity contribution in [2.45, 2.75) is 24.8 Å². The highest BCUT2D eigenvalue weighted by Gasteiger charge is 2.35. The largest absolute Gasteiger partial charge is 0.467 e. The second-order valence-electron chi connectivity index (χ2n) is 4.80. The van der Waals surface area contributed by atoms with E-state index in [9.17, 15) is 0 Å². The normalized spacial score (nSPS) is 22.1. The molecule has 18 heavy (non-hydrogen) atoms. The number of hydrogen-bond acceptors (Lipinski definition) is 1. The number of aryl methyl sites for hydroxylation is 2. The van der Waals surface area contributed by atoms with Crippen molar-refractivity contribution in [2.24, 2.45) is 0 Å². The number of alkyl halides is 1. The first-order chi connectivity index (χ1) is 8.67. The molecule has 0 radical (unpaired) electrons. The number of benzene rings is 2. The van der Waals surface area contributed by atoms with Crippen LogP contribution in [0, 0.1) is 6.92 Å². The van der Waals surface area contributed by atoms with E-state index in [0.29, 0.717) is 0 Å². The van der Waals surface area contributed by atoms with Gasteiger partial charge in [0.15, 0.2) is 0 Å². The van der Waals surface area contributed by atoms with Crippen molar-refractivity contribution in [2.75, 3.05) is 0 Å². The molecule has 1 aliphatic heterocycles. The summed E-state index contributed by atoms with van der Waals surface area (Å²) >= 11 is 6.66. The summed E-state index contributed by atoms with van der Waals surface area (Å²) in [4.78, 5) is 0. The van der Waals surface area contributed by atoms with Gasteiger partial charge in [0.05, 0.1) is 0 Å². The summed E-state index contributed by atoms with van der Waals surface area (Å²) in [6.07, 6.45) is 1.75. The molecule has 0 amide bonds. The van der Waals surface area contributed by atoms with Crippen LogP contribution in [0.15, 0.2) is 48.5 Å². The van der Waals surface area contributed by atoms with Gasteiger partial charge in [0.2, 0.25) is 5.06 Å². The number of halogens is 1. The van der Waals surface area contributed by atoms with Crippen LogP contribution in [0.5, 0.6) is 5.75 Å². The van der Waals surface area contributed by atoms with Crippen LogP contribution in [0.2, 0.25) is 0 Å². The van der Waals surface area contributed by atoms with Crippen molar-refractivity contribution in [1.29, 1.82) is 0 Å². The summed E-state index contributed by atoms with van der Waals surface area (Å²) in [6, 6.07) is 16.4. The standard InChI is InChI=1S/C16H15ClO/c1-12-6-8-14(9-7-12)16(17)11-10-13-4-2-3-5-15(13)18-16/h2-9H,10-11H2,1H3. The molecule has 92 valence electrons. The average Bonchev–Trinajstić information content (AvgIpc) is 2.39. The lowest BCUT2D eigenvalue weighted by Gasteiger charge is -2.34. The van der Waals surface area contributed by atoms with Crippen molar-refractivity contribution in [3.63, 3.8) is 0 Å². The molecule has 2 aromatic carbocycles. The van der Waals surface area contributed by atoms with E-state index in [0.717, 1.165) is 24.2 Å². The molecule has 0 spiro atoms. The summed E-state index contributed by atoms with van der Waals surface area (Å²) < 4.78 is 6.01. The highest BCUT2D eigenvalue weighted by Crippen LogP contribution is 2.42. The molecule has 0 N–H and O–H groups in total. The molecule has 0 saturated carbocycles. The second-order valence-corrected chi connectivity index (χ2v) is 5.41. The third kappa shape index (κ3) is 1.99. The van der Waals surface area contributed by atoms with E-state index < -0.39 is 5.06 Å². The molecular weight excluding hydrogens is 244 g/mol. The Hall–Kier alpha value is -1.47. The smallest absolute Gasteiger partial charge is 0.208 e. The maximum atomic E-state index is 6.66. The summed E-state index contributed by atoms with van der Waals surface area (Å²) in [5, 5.41) is -0.720. The molecule has 0 aromatic heterocycles. The van der Waals surface area contributed by atoms with Crippen LogP contribution in [-0.4, -0.2) is 0 Å². The molecule has 1 unspecified atom stereocenters. The zero-order valence-electron chi connectivity index (χ0n) is 10.3. The molecule has 1 aliphatic rings.